The van der Waals surface area contributed by atoms with Gasteiger partial charge in [-0.25, -0.2) is 0 Å². The molecule has 0 aliphatic rings. The predicted octanol–water partition coefficient (Wildman–Crippen LogP) is 3.68. The van der Waals surface area contributed by atoms with Gasteiger partial charge in [-0.05, 0) is 46.8 Å². The van der Waals surface area contributed by atoms with Gasteiger partial charge in [-0.1, -0.05) is 35.1 Å². The van der Waals surface area contributed by atoms with Crippen LogP contribution in [0, 0.1) is 13.8 Å². The minimum atomic E-state index is 0.527. The van der Waals surface area contributed by atoms with Crippen LogP contribution in [0.5, 0.6) is 0 Å². The Hall–Kier alpha value is -2.52. The lowest BCUT2D eigenvalue weighted by atomic mass is 10.1. The third-order valence-corrected chi connectivity index (χ3v) is 5.26. The van der Waals surface area contributed by atoms with E-state index in [-0.39, 0.29) is 0 Å². The van der Waals surface area contributed by atoms with E-state index >= 15 is 0 Å². The Kier molecular flexibility index (Phi) is 4.33. The zero-order chi connectivity index (χ0) is 17.2. The van der Waals surface area contributed by atoms with E-state index in [1.54, 1.807) is 16.0 Å². The Balaban J connectivity index is 1.54. The first-order valence-electron chi connectivity index (χ1n) is 7.55. The summed E-state index contributed by atoms with van der Waals surface area (Å²) in [7, 11) is 0. The molecule has 0 amide bonds. The maximum absolute atomic E-state index is 5.31. The quantitative estimate of drug-likeness (QED) is 0.496. The highest BCUT2D eigenvalue weighted by atomic mass is 32.2. The lowest BCUT2D eigenvalue weighted by Gasteiger charge is -2.09. The summed E-state index contributed by atoms with van der Waals surface area (Å²) in [5.74, 6) is 1.67. The SMILES string of the molecule is Cc1cccc(C)c1-n1nnnc1SCc1noc(-c2ccsc2)n1. The van der Waals surface area contributed by atoms with Crippen molar-refractivity contribution in [3.63, 3.8) is 0 Å². The number of rotatable bonds is 5. The summed E-state index contributed by atoms with van der Waals surface area (Å²) in [4.78, 5) is 4.42. The van der Waals surface area contributed by atoms with Crippen LogP contribution in [0.2, 0.25) is 0 Å². The third kappa shape index (κ3) is 3.20. The summed E-state index contributed by atoms with van der Waals surface area (Å²) in [6, 6.07) is 8.07. The molecule has 0 N–H and O–H groups in total. The van der Waals surface area contributed by atoms with Crippen molar-refractivity contribution in [1.29, 1.82) is 0 Å². The average molecular weight is 370 g/mol. The summed E-state index contributed by atoms with van der Waals surface area (Å²) in [6.07, 6.45) is 0. The molecule has 0 fully saturated rings. The predicted molar refractivity (Wildman–Crippen MR) is 95.8 cm³/mol. The smallest absolute Gasteiger partial charge is 0.258 e. The van der Waals surface area contributed by atoms with Gasteiger partial charge in [0.1, 0.15) is 0 Å². The molecule has 3 heterocycles. The molecule has 0 atom stereocenters. The molecular formula is C16H14N6OS2. The minimum absolute atomic E-state index is 0.527. The lowest BCUT2D eigenvalue weighted by molar-refractivity contribution is 0.425. The van der Waals surface area contributed by atoms with Crippen molar-refractivity contribution in [1.82, 2.24) is 30.3 Å². The number of hydrogen-bond acceptors (Lipinski definition) is 8. The van der Waals surface area contributed by atoms with E-state index < -0.39 is 0 Å². The molecule has 0 saturated heterocycles. The number of nitrogens with zero attached hydrogens (tertiary/aromatic N) is 6. The number of tetrazole rings is 1. The zero-order valence-electron chi connectivity index (χ0n) is 13.6. The second-order valence-electron chi connectivity index (χ2n) is 5.43. The van der Waals surface area contributed by atoms with Crippen LogP contribution in [0.15, 0.2) is 44.7 Å². The van der Waals surface area contributed by atoms with Crippen molar-refractivity contribution < 1.29 is 4.52 Å². The highest BCUT2D eigenvalue weighted by Gasteiger charge is 2.15. The fourth-order valence-corrected chi connectivity index (χ4v) is 3.84. The van der Waals surface area contributed by atoms with Crippen LogP contribution in [0.3, 0.4) is 0 Å². The van der Waals surface area contributed by atoms with Gasteiger partial charge in [-0.3, -0.25) is 0 Å². The van der Waals surface area contributed by atoms with Gasteiger partial charge < -0.3 is 4.52 Å². The maximum atomic E-state index is 5.31. The number of benzene rings is 1. The second-order valence-corrected chi connectivity index (χ2v) is 7.15. The van der Waals surface area contributed by atoms with E-state index in [9.17, 15) is 0 Å². The molecule has 0 saturated carbocycles. The fraction of sp³-hybridized carbons (Fsp3) is 0.188. The van der Waals surface area contributed by atoms with Crippen molar-refractivity contribution in [3.05, 3.63) is 52.0 Å². The van der Waals surface area contributed by atoms with E-state index in [2.05, 4.69) is 25.7 Å². The molecule has 0 unspecified atom stereocenters. The normalized spacial score (nSPS) is 11.1. The number of thiophene rings is 1. The standard InChI is InChI=1S/C16H14N6OS2/c1-10-4-3-5-11(2)14(10)22-16(18-20-21-22)25-9-13-17-15(23-19-13)12-6-7-24-8-12/h3-8H,9H2,1-2H3. The van der Waals surface area contributed by atoms with Crippen LogP contribution in [0.4, 0.5) is 0 Å². The molecule has 25 heavy (non-hydrogen) atoms. The molecule has 0 aliphatic heterocycles. The van der Waals surface area contributed by atoms with Crippen LogP contribution >= 0.6 is 23.1 Å². The second kappa shape index (κ2) is 6.77. The average Bonchev–Trinajstić information content (AvgIpc) is 3.34. The first-order chi connectivity index (χ1) is 12.2. The zero-order valence-corrected chi connectivity index (χ0v) is 15.2. The highest BCUT2D eigenvalue weighted by Crippen LogP contribution is 2.26. The first kappa shape index (κ1) is 16.0. The van der Waals surface area contributed by atoms with E-state index in [1.807, 2.05) is 48.9 Å². The van der Waals surface area contributed by atoms with Crippen LogP contribution in [-0.4, -0.2) is 30.3 Å². The topological polar surface area (TPSA) is 82.5 Å². The largest absolute Gasteiger partial charge is 0.334 e. The Labute approximate surface area is 152 Å². The van der Waals surface area contributed by atoms with Crippen LogP contribution < -0.4 is 0 Å². The molecule has 0 radical (unpaired) electrons. The first-order valence-corrected chi connectivity index (χ1v) is 9.48. The molecule has 0 aliphatic carbocycles. The Morgan fingerprint density at radius 2 is 2.04 bits per heavy atom. The number of thioether (sulfide) groups is 1. The Bertz CT molecular complexity index is 972. The fourth-order valence-electron chi connectivity index (χ4n) is 2.49. The van der Waals surface area contributed by atoms with E-state index in [0.717, 1.165) is 22.4 Å². The number of aryl methyl sites for hydroxylation is 2. The van der Waals surface area contributed by atoms with Crippen molar-refractivity contribution in [2.24, 2.45) is 0 Å². The summed E-state index contributed by atoms with van der Waals surface area (Å²) >= 11 is 3.07. The number of aromatic nitrogens is 6. The molecule has 0 bridgehead atoms. The summed E-state index contributed by atoms with van der Waals surface area (Å²) < 4.78 is 7.06. The van der Waals surface area contributed by atoms with E-state index in [0.29, 0.717) is 22.6 Å². The van der Waals surface area contributed by atoms with Crippen molar-refractivity contribution in [3.8, 4) is 17.1 Å². The molecule has 1 aromatic carbocycles. The molecule has 4 rings (SSSR count). The monoisotopic (exact) mass is 370 g/mol. The third-order valence-electron chi connectivity index (χ3n) is 3.66. The number of hydrogen-bond donors (Lipinski definition) is 0. The summed E-state index contributed by atoms with van der Waals surface area (Å²) in [5, 5.41) is 20.8. The Morgan fingerprint density at radius 1 is 1.20 bits per heavy atom. The van der Waals surface area contributed by atoms with Gasteiger partial charge in [-0.2, -0.15) is 21.0 Å². The molecular weight excluding hydrogens is 356 g/mol. The van der Waals surface area contributed by atoms with Crippen molar-refractivity contribution in [2.45, 2.75) is 24.8 Å². The van der Waals surface area contributed by atoms with Crippen LogP contribution in [0.1, 0.15) is 17.0 Å². The molecule has 7 nitrogen and oxygen atoms in total. The van der Waals surface area contributed by atoms with Crippen molar-refractivity contribution in [2.75, 3.05) is 0 Å². The van der Waals surface area contributed by atoms with Gasteiger partial charge in [-0.15, -0.1) is 5.10 Å². The van der Waals surface area contributed by atoms with Crippen molar-refractivity contribution >= 4 is 23.1 Å². The molecule has 4 aromatic rings. The lowest BCUT2D eigenvalue weighted by Crippen LogP contribution is -2.04. The summed E-state index contributed by atoms with van der Waals surface area (Å²) in [5.41, 5.74) is 4.18. The van der Waals surface area contributed by atoms with Gasteiger partial charge in [0, 0.05) is 5.38 Å². The van der Waals surface area contributed by atoms with E-state index in [4.69, 9.17) is 4.52 Å². The number of para-hydroxylation sites is 1. The van der Waals surface area contributed by atoms with Gasteiger partial charge in [0.25, 0.3) is 5.89 Å². The molecule has 3 aromatic heterocycles. The van der Waals surface area contributed by atoms with Crippen LogP contribution in [0.25, 0.3) is 17.1 Å². The summed E-state index contributed by atoms with van der Waals surface area (Å²) in [6.45, 7) is 4.09. The van der Waals surface area contributed by atoms with Crippen LogP contribution in [-0.2, 0) is 5.75 Å². The van der Waals surface area contributed by atoms with E-state index in [1.165, 1.54) is 11.8 Å². The minimum Gasteiger partial charge on any atom is -0.334 e. The van der Waals surface area contributed by atoms with Gasteiger partial charge in [0.2, 0.25) is 5.16 Å². The van der Waals surface area contributed by atoms with Gasteiger partial charge >= 0.3 is 0 Å². The maximum Gasteiger partial charge on any atom is 0.258 e. The molecule has 0 spiro atoms. The van der Waals surface area contributed by atoms with Gasteiger partial charge in [0.05, 0.1) is 17.0 Å². The molecule has 9 heteroatoms. The Morgan fingerprint density at radius 3 is 2.80 bits per heavy atom. The van der Waals surface area contributed by atoms with Gasteiger partial charge in [0.15, 0.2) is 5.82 Å². The molecule has 126 valence electrons. The highest BCUT2D eigenvalue weighted by molar-refractivity contribution is 7.98.